The highest BCUT2D eigenvalue weighted by Gasteiger charge is 2.21. The number of hydrogen-bond donors (Lipinski definition) is 2. The maximum atomic E-state index is 13.1. The maximum absolute atomic E-state index is 13.1. The van der Waals surface area contributed by atoms with Crippen LogP contribution in [0.15, 0.2) is 29.7 Å². The number of benzene rings is 1. The Hall–Kier alpha value is -1.11. The molecule has 0 radical (unpaired) electrons. The molecule has 7 heteroatoms. The zero-order valence-electron chi connectivity index (χ0n) is 9.78. The Bertz CT molecular complexity index is 560. The van der Waals surface area contributed by atoms with Crippen molar-refractivity contribution in [1.29, 1.82) is 0 Å². The summed E-state index contributed by atoms with van der Waals surface area (Å²) in [4.78, 5) is -0.237. The van der Waals surface area contributed by atoms with E-state index in [1.54, 1.807) is 13.0 Å². The molecule has 0 fully saturated rings. The highest BCUT2D eigenvalue weighted by molar-refractivity contribution is 7.89. The summed E-state index contributed by atoms with van der Waals surface area (Å²) in [5.74, 6) is -0.752. The second-order valence-electron chi connectivity index (χ2n) is 3.85. The van der Waals surface area contributed by atoms with Crippen molar-refractivity contribution in [2.75, 3.05) is 5.73 Å². The summed E-state index contributed by atoms with van der Waals surface area (Å²) >= 11 is 5.71. The second-order valence-corrected chi connectivity index (χ2v) is 5.94. The third-order valence-electron chi connectivity index (χ3n) is 2.22. The lowest BCUT2D eigenvalue weighted by Gasteiger charge is -2.13. The summed E-state index contributed by atoms with van der Waals surface area (Å²) in [6.45, 7) is 5.20. The van der Waals surface area contributed by atoms with Crippen LogP contribution in [0.25, 0.3) is 0 Å². The van der Waals surface area contributed by atoms with Crippen LogP contribution in [0.4, 0.5) is 10.1 Å². The summed E-state index contributed by atoms with van der Waals surface area (Å²) in [6, 6.07) is 1.54. The van der Waals surface area contributed by atoms with Gasteiger partial charge in [-0.15, -0.1) is 6.58 Å². The van der Waals surface area contributed by atoms with E-state index in [-0.39, 0.29) is 21.6 Å². The first-order valence-electron chi connectivity index (χ1n) is 5.15. The SMILES string of the molecule is C=CCC(C)NS(=O)(=O)c1cc(N)c(F)cc1Cl. The van der Waals surface area contributed by atoms with Crippen molar-refractivity contribution >= 4 is 27.3 Å². The van der Waals surface area contributed by atoms with Gasteiger partial charge >= 0.3 is 0 Å². The van der Waals surface area contributed by atoms with Crippen molar-refractivity contribution in [2.45, 2.75) is 24.3 Å². The lowest BCUT2D eigenvalue weighted by molar-refractivity contribution is 0.562. The van der Waals surface area contributed by atoms with Gasteiger partial charge in [0.15, 0.2) is 0 Å². The number of halogens is 2. The molecule has 100 valence electrons. The molecule has 0 saturated carbocycles. The van der Waals surface area contributed by atoms with Gasteiger partial charge in [0.05, 0.1) is 10.7 Å². The summed E-state index contributed by atoms with van der Waals surface area (Å²) in [5.41, 5.74) is 5.07. The van der Waals surface area contributed by atoms with Crippen molar-refractivity contribution in [1.82, 2.24) is 4.72 Å². The summed E-state index contributed by atoms with van der Waals surface area (Å²) in [6.07, 6.45) is 2.06. The van der Waals surface area contributed by atoms with E-state index < -0.39 is 15.8 Å². The Labute approximate surface area is 111 Å². The van der Waals surface area contributed by atoms with E-state index in [1.165, 1.54) is 0 Å². The summed E-state index contributed by atoms with van der Waals surface area (Å²) < 4.78 is 39.5. The Kier molecular flexibility index (Phi) is 4.72. The molecule has 0 spiro atoms. The maximum Gasteiger partial charge on any atom is 0.242 e. The van der Waals surface area contributed by atoms with Gasteiger partial charge in [0.1, 0.15) is 10.7 Å². The summed E-state index contributed by atoms with van der Waals surface area (Å²) in [7, 11) is -3.83. The molecule has 0 saturated heterocycles. The topological polar surface area (TPSA) is 72.2 Å². The van der Waals surface area contributed by atoms with Crippen LogP contribution in [0.1, 0.15) is 13.3 Å². The van der Waals surface area contributed by atoms with Gasteiger partial charge in [-0.2, -0.15) is 0 Å². The molecule has 3 N–H and O–H groups in total. The largest absolute Gasteiger partial charge is 0.396 e. The minimum Gasteiger partial charge on any atom is -0.396 e. The number of rotatable bonds is 5. The van der Waals surface area contributed by atoms with Gasteiger partial charge < -0.3 is 5.73 Å². The monoisotopic (exact) mass is 292 g/mol. The molecule has 1 aromatic rings. The molecule has 0 aliphatic heterocycles. The average molecular weight is 293 g/mol. The number of sulfonamides is 1. The lowest BCUT2D eigenvalue weighted by Crippen LogP contribution is -2.32. The van der Waals surface area contributed by atoms with Gasteiger partial charge in [-0.05, 0) is 25.5 Å². The highest BCUT2D eigenvalue weighted by atomic mass is 35.5. The molecule has 1 unspecified atom stereocenters. The normalized spacial score (nSPS) is 13.3. The number of anilines is 1. The van der Waals surface area contributed by atoms with E-state index in [0.29, 0.717) is 6.42 Å². The molecule has 0 amide bonds. The quantitative estimate of drug-likeness (QED) is 0.646. The van der Waals surface area contributed by atoms with Crippen LogP contribution < -0.4 is 10.5 Å². The van der Waals surface area contributed by atoms with Crippen LogP contribution in [-0.4, -0.2) is 14.5 Å². The number of nitrogen functional groups attached to an aromatic ring is 1. The zero-order chi connectivity index (χ0) is 13.9. The molecule has 0 heterocycles. The third kappa shape index (κ3) is 3.44. The fourth-order valence-corrected chi connectivity index (χ4v) is 3.18. The van der Waals surface area contributed by atoms with Gasteiger partial charge in [0, 0.05) is 6.04 Å². The van der Waals surface area contributed by atoms with Crippen molar-refractivity contribution in [3.63, 3.8) is 0 Å². The van der Waals surface area contributed by atoms with Crippen molar-refractivity contribution in [2.24, 2.45) is 0 Å². The second kappa shape index (κ2) is 5.69. The molecular weight excluding hydrogens is 279 g/mol. The Balaban J connectivity index is 3.13. The molecule has 0 bridgehead atoms. The fraction of sp³-hybridized carbons (Fsp3) is 0.273. The number of hydrogen-bond acceptors (Lipinski definition) is 3. The standard InChI is InChI=1S/C11H14ClFN2O2S/c1-3-4-7(2)15-18(16,17)11-6-10(14)9(13)5-8(11)12/h3,5-7,15H,1,4,14H2,2H3. The average Bonchev–Trinajstić information content (AvgIpc) is 2.22. The van der Waals surface area contributed by atoms with Crippen LogP contribution in [0.3, 0.4) is 0 Å². The fourth-order valence-electron chi connectivity index (χ4n) is 1.38. The molecular formula is C11H14ClFN2O2S. The molecule has 0 aromatic heterocycles. The zero-order valence-corrected chi connectivity index (χ0v) is 11.4. The Morgan fingerprint density at radius 3 is 2.78 bits per heavy atom. The minimum atomic E-state index is -3.83. The number of nitrogens with two attached hydrogens (primary N) is 1. The predicted molar refractivity (Wildman–Crippen MR) is 70.4 cm³/mol. The van der Waals surface area contributed by atoms with E-state index in [1.807, 2.05) is 0 Å². The van der Waals surface area contributed by atoms with Crippen LogP contribution in [0.2, 0.25) is 5.02 Å². The summed E-state index contributed by atoms with van der Waals surface area (Å²) in [5, 5.41) is -0.208. The highest BCUT2D eigenvalue weighted by Crippen LogP contribution is 2.26. The first-order chi connectivity index (χ1) is 8.27. The molecule has 4 nitrogen and oxygen atoms in total. The van der Waals surface area contributed by atoms with Gasteiger partial charge in [-0.3, -0.25) is 0 Å². The van der Waals surface area contributed by atoms with E-state index in [4.69, 9.17) is 17.3 Å². The van der Waals surface area contributed by atoms with E-state index >= 15 is 0 Å². The Morgan fingerprint density at radius 2 is 2.22 bits per heavy atom. The van der Waals surface area contributed by atoms with Crippen LogP contribution >= 0.6 is 11.6 Å². The van der Waals surface area contributed by atoms with Crippen LogP contribution in [0.5, 0.6) is 0 Å². The molecule has 18 heavy (non-hydrogen) atoms. The van der Waals surface area contributed by atoms with Gasteiger partial charge in [-0.25, -0.2) is 17.5 Å². The van der Waals surface area contributed by atoms with Crippen LogP contribution in [0, 0.1) is 5.82 Å². The van der Waals surface area contributed by atoms with E-state index in [9.17, 15) is 12.8 Å². The first-order valence-corrected chi connectivity index (χ1v) is 7.01. The van der Waals surface area contributed by atoms with Gasteiger partial charge in [-0.1, -0.05) is 17.7 Å². The van der Waals surface area contributed by atoms with Crippen molar-refractivity contribution < 1.29 is 12.8 Å². The van der Waals surface area contributed by atoms with E-state index in [0.717, 1.165) is 12.1 Å². The molecule has 0 aliphatic rings. The third-order valence-corrected chi connectivity index (χ3v) is 4.27. The van der Waals surface area contributed by atoms with Crippen molar-refractivity contribution in [3.05, 3.63) is 35.6 Å². The minimum absolute atomic E-state index is 0.208. The molecule has 0 aliphatic carbocycles. The lowest BCUT2D eigenvalue weighted by atomic mass is 10.3. The molecule has 1 rings (SSSR count). The van der Waals surface area contributed by atoms with E-state index in [2.05, 4.69) is 11.3 Å². The first kappa shape index (κ1) is 14.9. The van der Waals surface area contributed by atoms with Crippen molar-refractivity contribution in [3.8, 4) is 0 Å². The van der Waals surface area contributed by atoms with Crippen LogP contribution in [-0.2, 0) is 10.0 Å². The van der Waals surface area contributed by atoms with Gasteiger partial charge in [0.2, 0.25) is 10.0 Å². The molecule has 1 aromatic carbocycles. The molecule has 1 atom stereocenters. The van der Waals surface area contributed by atoms with Gasteiger partial charge in [0.25, 0.3) is 0 Å². The smallest absolute Gasteiger partial charge is 0.242 e. The predicted octanol–water partition coefficient (Wildman–Crippen LogP) is 2.30. The Morgan fingerprint density at radius 1 is 1.61 bits per heavy atom. The number of nitrogens with one attached hydrogen (secondary N) is 1.